The molecule has 6 heteroatoms. The third-order valence-electron chi connectivity index (χ3n) is 5.29. The summed E-state index contributed by atoms with van der Waals surface area (Å²) in [5.74, 6) is 0.165. The van der Waals surface area contributed by atoms with E-state index in [2.05, 4.69) is 16.1 Å². The molecule has 4 rings (SSSR count). The number of anilines is 1. The van der Waals surface area contributed by atoms with Crippen molar-refractivity contribution in [1.82, 2.24) is 14.7 Å². The number of benzene rings is 1. The monoisotopic (exact) mass is 335 g/mol. The van der Waals surface area contributed by atoms with Crippen molar-refractivity contribution in [2.45, 2.75) is 19.4 Å². The first-order valence-electron chi connectivity index (χ1n) is 8.57. The van der Waals surface area contributed by atoms with Crippen LogP contribution in [0.3, 0.4) is 0 Å². The molecule has 2 fully saturated rings. The van der Waals surface area contributed by atoms with Gasteiger partial charge in [0, 0.05) is 56.0 Å². The van der Waals surface area contributed by atoms with Crippen molar-refractivity contribution >= 4 is 11.6 Å². The van der Waals surface area contributed by atoms with Gasteiger partial charge in [0.25, 0.3) is 0 Å². The van der Waals surface area contributed by atoms with Gasteiger partial charge in [-0.3, -0.25) is 14.4 Å². The van der Waals surface area contributed by atoms with Crippen molar-refractivity contribution < 1.29 is 4.79 Å². The molecule has 1 spiro atoms. The number of carbonyl (C=O) groups is 1. The highest BCUT2D eigenvalue weighted by Gasteiger charge is 2.47. The minimum atomic E-state index is 0.0297. The normalized spacial score (nSPS) is 23.5. The highest BCUT2D eigenvalue weighted by Crippen LogP contribution is 2.42. The van der Waals surface area contributed by atoms with Crippen LogP contribution in [0.4, 0.5) is 5.69 Å². The summed E-state index contributed by atoms with van der Waals surface area (Å²) in [6, 6.07) is 9.48. The molecule has 0 unspecified atom stereocenters. The van der Waals surface area contributed by atoms with Gasteiger partial charge in [-0.1, -0.05) is 6.07 Å². The molecule has 0 radical (unpaired) electrons. The second-order valence-corrected chi connectivity index (χ2v) is 7.30. The van der Waals surface area contributed by atoms with Gasteiger partial charge in [-0.2, -0.15) is 10.4 Å². The van der Waals surface area contributed by atoms with Crippen molar-refractivity contribution in [2.75, 3.05) is 24.5 Å². The Kier molecular flexibility index (Phi) is 3.81. The van der Waals surface area contributed by atoms with Gasteiger partial charge >= 0.3 is 0 Å². The lowest BCUT2D eigenvalue weighted by Gasteiger charge is -2.24. The van der Waals surface area contributed by atoms with Crippen LogP contribution in [0.2, 0.25) is 0 Å². The molecule has 2 aliphatic heterocycles. The highest BCUT2D eigenvalue weighted by atomic mass is 16.2. The molecule has 0 N–H and O–H groups in total. The van der Waals surface area contributed by atoms with Crippen LogP contribution in [0.5, 0.6) is 0 Å². The summed E-state index contributed by atoms with van der Waals surface area (Å²) in [6.45, 7) is 3.56. The molecule has 1 aromatic carbocycles. The maximum atomic E-state index is 12.6. The number of rotatable bonds is 3. The van der Waals surface area contributed by atoms with E-state index in [0.717, 1.165) is 38.3 Å². The average Bonchev–Trinajstić information content (AvgIpc) is 3.28. The van der Waals surface area contributed by atoms with Crippen molar-refractivity contribution in [3.05, 3.63) is 47.8 Å². The van der Waals surface area contributed by atoms with Crippen molar-refractivity contribution in [3.8, 4) is 6.07 Å². The van der Waals surface area contributed by atoms with Crippen LogP contribution in [-0.2, 0) is 18.4 Å². The fraction of sp³-hybridized carbons (Fsp3) is 0.421. The molecular weight excluding hydrogens is 314 g/mol. The molecule has 0 aliphatic carbocycles. The van der Waals surface area contributed by atoms with Gasteiger partial charge in [0.05, 0.1) is 17.8 Å². The Labute approximate surface area is 147 Å². The van der Waals surface area contributed by atoms with E-state index >= 15 is 0 Å². The number of amides is 1. The molecule has 6 nitrogen and oxygen atoms in total. The smallest absolute Gasteiger partial charge is 0.227 e. The maximum Gasteiger partial charge on any atom is 0.227 e. The number of likely N-dealkylation sites (tertiary alicyclic amines) is 1. The van der Waals surface area contributed by atoms with E-state index < -0.39 is 0 Å². The number of carbonyl (C=O) groups excluding carboxylic acids is 1. The molecule has 2 saturated heterocycles. The van der Waals surface area contributed by atoms with E-state index in [0.29, 0.717) is 12.0 Å². The summed E-state index contributed by atoms with van der Waals surface area (Å²) in [7, 11) is 1.93. The fourth-order valence-electron chi connectivity index (χ4n) is 4.12. The minimum absolute atomic E-state index is 0.0297. The fourth-order valence-corrected chi connectivity index (χ4v) is 4.12. The highest BCUT2D eigenvalue weighted by molar-refractivity contribution is 5.96. The second-order valence-electron chi connectivity index (χ2n) is 7.30. The summed E-state index contributed by atoms with van der Waals surface area (Å²) in [4.78, 5) is 16.9. The summed E-state index contributed by atoms with van der Waals surface area (Å²) >= 11 is 0. The zero-order valence-corrected chi connectivity index (χ0v) is 14.4. The summed E-state index contributed by atoms with van der Waals surface area (Å²) < 4.78 is 1.82. The summed E-state index contributed by atoms with van der Waals surface area (Å²) in [5.41, 5.74) is 2.67. The Morgan fingerprint density at radius 3 is 3.00 bits per heavy atom. The number of aryl methyl sites for hydroxylation is 1. The first kappa shape index (κ1) is 15.9. The van der Waals surface area contributed by atoms with Gasteiger partial charge in [-0.25, -0.2) is 0 Å². The molecule has 1 atom stereocenters. The van der Waals surface area contributed by atoms with E-state index in [1.54, 1.807) is 12.1 Å². The van der Waals surface area contributed by atoms with Gasteiger partial charge in [-0.05, 0) is 31.2 Å². The number of aromatic nitrogens is 2. The maximum absolute atomic E-state index is 12.6. The first-order chi connectivity index (χ1) is 12.1. The number of nitrogens with zero attached hydrogens (tertiary/aromatic N) is 5. The van der Waals surface area contributed by atoms with E-state index in [-0.39, 0.29) is 11.3 Å². The zero-order chi connectivity index (χ0) is 17.4. The lowest BCUT2D eigenvalue weighted by Crippen LogP contribution is -2.31. The van der Waals surface area contributed by atoms with Gasteiger partial charge in [0.2, 0.25) is 5.91 Å². The zero-order valence-electron chi connectivity index (χ0n) is 14.4. The Morgan fingerprint density at radius 1 is 1.36 bits per heavy atom. The van der Waals surface area contributed by atoms with Gasteiger partial charge in [0.1, 0.15) is 0 Å². The lowest BCUT2D eigenvalue weighted by molar-refractivity contribution is -0.117. The van der Waals surface area contributed by atoms with Crippen LogP contribution >= 0.6 is 0 Å². The number of hydrogen-bond acceptors (Lipinski definition) is 4. The van der Waals surface area contributed by atoms with Crippen molar-refractivity contribution in [2.24, 2.45) is 12.5 Å². The van der Waals surface area contributed by atoms with Crippen LogP contribution in [0.25, 0.3) is 0 Å². The van der Waals surface area contributed by atoms with Crippen LogP contribution in [0.1, 0.15) is 24.0 Å². The molecule has 0 bridgehead atoms. The van der Waals surface area contributed by atoms with Gasteiger partial charge in [-0.15, -0.1) is 0 Å². The van der Waals surface area contributed by atoms with Crippen LogP contribution < -0.4 is 4.90 Å². The lowest BCUT2D eigenvalue weighted by atomic mass is 9.86. The standard InChI is InChI=1S/C19H21N5O/c1-22-11-16(10-21-22)12-23-6-5-19(13-23)8-18(25)24(14-19)17-4-2-3-15(7-17)9-20/h2-4,7,10-11H,5-6,8,12-14H2,1H3/t19-/m1/s1. The average molecular weight is 335 g/mol. The van der Waals surface area contributed by atoms with Crippen molar-refractivity contribution in [1.29, 1.82) is 5.26 Å². The van der Waals surface area contributed by atoms with Gasteiger partial charge < -0.3 is 4.90 Å². The predicted octanol–water partition coefficient (Wildman–Crippen LogP) is 1.92. The molecule has 3 heterocycles. The van der Waals surface area contributed by atoms with Crippen LogP contribution in [-0.4, -0.2) is 40.2 Å². The van der Waals surface area contributed by atoms with E-state index in [4.69, 9.17) is 5.26 Å². The van der Waals surface area contributed by atoms with Crippen LogP contribution in [0, 0.1) is 16.7 Å². The molecule has 128 valence electrons. The molecular formula is C19H21N5O. The predicted molar refractivity (Wildman–Crippen MR) is 93.7 cm³/mol. The molecule has 2 aromatic rings. The minimum Gasteiger partial charge on any atom is -0.312 e. The summed E-state index contributed by atoms with van der Waals surface area (Å²) in [5, 5.41) is 13.3. The van der Waals surface area contributed by atoms with Crippen LogP contribution in [0.15, 0.2) is 36.7 Å². The Bertz CT molecular complexity index is 851. The number of hydrogen-bond donors (Lipinski definition) is 0. The van der Waals surface area contributed by atoms with Gasteiger partial charge in [0.15, 0.2) is 0 Å². The summed E-state index contributed by atoms with van der Waals surface area (Å²) in [6.07, 6.45) is 5.58. The first-order valence-corrected chi connectivity index (χ1v) is 8.57. The topological polar surface area (TPSA) is 65.2 Å². The Morgan fingerprint density at radius 2 is 2.24 bits per heavy atom. The molecule has 1 aromatic heterocycles. The molecule has 1 amide bonds. The molecule has 0 saturated carbocycles. The third-order valence-corrected chi connectivity index (χ3v) is 5.29. The van der Waals surface area contributed by atoms with E-state index in [1.165, 1.54) is 5.56 Å². The van der Waals surface area contributed by atoms with E-state index in [9.17, 15) is 4.79 Å². The molecule has 25 heavy (non-hydrogen) atoms. The SMILES string of the molecule is Cn1cc(CN2CC[C@@]3(CC(=O)N(c4cccc(C#N)c4)C3)C2)cn1. The largest absolute Gasteiger partial charge is 0.312 e. The number of nitriles is 1. The van der Waals surface area contributed by atoms with E-state index in [1.807, 2.05) is 41.2 Å². The molecule has 2 aliphatic rings. The Hall–Kier alpha value is -2.65. The third kappa shape index (κ3) is 3.03. The Balaban J connectivity index is 1.47. The van der Waals surface area contributed by atoms with Crippen molar-refractivity contribution in [3.63, 3.8) is 0 Å². The second kappa shape index (κ2) is 6.01. The quantitative estimate of drug-likeness (QED) is 0.859.